The minimum absolute atomic E-state index is 0.0474. The van der Waals surface area contributed by atoms with Crippen molar-refractivity contribution in [2.75, 3.05) is 0 Å². The molecule has 0 atom stereocenters. The first-order valence-electron chi connectivity index (χ1n) is 5.53. The predicted molar refractivity (Wildman–Crippen MR) is 79.3 cm³/mol. The van der Waals surface area contributed by atoms with Gasteiger partial charge in [0.2, 0.25) is 0 Å². The van der Waals surface area contributed by atoms with Crippen LogP contribution >= 0.6 is 27.5 Å². The van der Waals surface area contributed by atoms with Gasteiger partial charge in [0.1, 0.15) is 11.5 Å². The molecule has 0 aromatic heterocycles. The van der Waals surface area contributed by atoms with Crippen molar-refractivity contribution in [2.45, 2.75) is 0 Å². The Bertz CT molecular complexity index is 734. The summed E-state index contributed by atoms with van der Waals surface area (Å²) in [5.41, 5.74) is -0.114. The van der Waals surface area contributed by atoms with E-state index < -0.39 is 10.9 Å². The minimum atomic E-state index is -1.10. The topological polar surface area (TPSA) is 89.7 Å². The molecule has 0 saturated carbocycles. The highest BCUT2D eigenvalue weighted by Crippen LogP contribution is 2.36. The number of aromatic carboxylic acids is 1. The number of rotatable bonds is 4. The van der Waals surface area contributed by atoms with Crippen molar-refractivity contribution < 1.29 is 19.6 Å². The molecule has 0 radical (unpaired) electrons. The Labute approximate surface area is 132 Å². The Morgan fingerprint density at radius 1 is 1.24 bits per heavy atom. The number of nitro groups is 1. The van der Waals surface area contributed by atoms with Gasteiger partial charge < -0.3 is 9.84 Å². The van der Waals surface area contributed by atoms with Crippen molar-refractivity contribution >= 4 is 39.2 Å². The summed E-state index contributed by atoms with van der Waals surface area (Å²) in [6.07, 6.45) is 0. The number of ether oxygens (including phenoxy) is 1. The Hall–Kier alpha value is -2.12. The maximum absolute atomic E-state index is 10.9. The molecule has 8 heteroatoms. The molecule has 0 fully saturated rings. The Morgan fingerprint density at radius 2 is 1.95 bits per heavy atom. The smallest absolute Gasteiger partial charge is 0.335 e. The molecule has 0 aliphatic rings. The van der Waals surface area contributed by atoms with Crippen LogP contribution in [-0.2, 0) is 0 Å². The van der Waals surface area contributed by atoms with E-state index >= 15 is 0 Å². The fourth-order valence-electron chi connectivity index (χ4n) is 1.52. The number of halogens is 2. The van der Waals surface area contributed by atoms with Crippen LogP contribution in [0.15, 0.2) is 40.9 Å². The van der Waals surface area contributed by atoms with Crippen LogP contribution < -0.4 is 4.74 Å². The lowest BCUT2D eigenvalue weighted by atomic mass is 10.2. The van der Waals surface area contributed by atoms with Gasteiger partial charge in [-0.1, -0.05) is 11.6 Å². The molecule has 6 nitrogen and oxygen atoms in total. The van der Waals surface area contributed by atoms with Gasteiger partial charge >= 0.3 is 5.97 Å². The van der Waals surface area contributed by atoms with E-state index in [9.17, 15) is 14.9 Å². The number of carboxylic acids is 1. The first kappa shape index (κ1) is 15.3. The molecule has 2 aromatic rings. The third-order valence-electron chi connectivity index (χ3n) is 2.52. The third kappa shape index (κ3) is 3.50. The molecule has 2 rings (SSSR count). The second-order valence-electron chi connectivity index (χ2n) is 3.92. The number of carboxylic acid groups (broad SMARTS) is 1. The van der Waals surface area contributed by atoms with Crippen molar-refractivity contribution in [3.8, 4) is 11.5 Å². The van der Waals surface area contributed by atoms with Gasteiger partial charge in [-0.2, -0.15) is 0 Å². The number of hydrogen-bond acceptors (Lipinski definition) is 4. The molecular weight excluding hydrogens is 366 g/mol. The fraction of sp³-hybridized carbons (Fsp3) is 0. The zero-order chi connectivity index (χ0) is 15.6. The molecule has 0 unspecified atom stereocenters. The van der Waals surface area contributed by atoms with Gasteiger partial charge in [0.05, 0.1) is 20.0 Å². The van der Waals surface area contributed by atoms with E-state index in [2.05, 4.69) is 15.9 Å². The van der Waals surface area contributed by atoms with Gasteiger partial charge in [0, 0.05) is 12.1 Å². The van der Waals surface area contributed by atoms with E-state index in [1.807, 2.05) is 0 Å². The summed E-state index contributed by atoms with van der Waals surface area (Å²) < 4.78 is 6.03. The molecular formula is C13H7BrClNO5. The van der Waals surface area contributed by atoms with Crippen LogP contribution in [0.2, 0.25) is 5.02 Å². The molecule has 0 aliphatic heterocycles. The van der Waals surface area contributed by atoms with Crippen LogP contribution in [-0.4, -0.2) is 16.0 Å². The van der Waals surface area contributed by atoms with Crippen LogP contribution in [0.3, 0.4) is 0 Å². The first-order chi connectivity index (χ1) is 9.88. The zero-order valence-electron chi connectivity index (χ0n) is 10.2. The molecule has 2 aromatic carbocycles. The summed E-state index contributed by atoms with van der Waals surface area (Å²) in [6.45, 7) is 0. The Morgan fingerprint density at radius 3 is 2.52 bits per heavy atom. The van der Waals surface area contributed by atoms with Crippen molar-refractivity contribution in [3.63, 3.8) is 0 Å². The average molecular weight is 373 g/mol. The largest absolute Gasteiger partial charge is 0.478 e. The van der Waals surface area contributed by atoms with E-state index in [-0.39, 0.29) is 27.8 Å². The molecule has 21 heavy (non-hydrogen) atoms. The third-order valence-corrected chi connectivity index (χ3v) is 3.47. The Kier molecular flexibility index (Phi) is 4.44. The summed E-state index contributed by atoms with van der Waals surface area (Å²) in [4.78, 5) is 21.0. The summed E-state index contributed by atoms with van der Waals surface area (Å²) in [7, 11) is 0. The normalized spacial score (nSPS) is 10.2. The second kappa shape index (κ2) is 6.11. The van der Waals surface area contributed by atoms with E-state index in [1.54, 1.807) is 0 Å². The molecule has 108 valence electrons. The van der Waals surface area contributed by atoms with Gasteiger partial charge in [0.15, 0.2) is 0 Å². The number of carbonyl (C=O) groups is 1. The monoisotopic (exact) mass is 371 g/mol. The van der Waals surface area contributed by atoms with Gasteiger partial charge in [-0.05, 0) is 40.2 Å². The quantitative estimate of drug-likeness (QED) is 0.630. The SMILES string of the molecule is O=C(O)c1ccc(Br)c(Oc2ccc([N+](=O)[O-])cc2Cl)c1. The molecule has 1 N–H and O–H groups in total. The van der Waals surface area contributed by atoms with E-state index in [4.69, 9.17) is 21.4 Å². The highest BCUT2D eigenvalue weighted by molar-refractivity contribution is 9.10. The minimum Gasteiger partial charge on any atom is -0.478 e. The lowest BCUT2D eigenvalue weighted by Gasteiger charge is -2.10. The molecule has 0 amide bonds. The van der Waals surface area contributed by atoms with Crippen LogP contribution in [0.25, 0.3) is 0 Å². The number of benzene rings is 2. The maximum Gasteiger partial charge on any atom is 0.335 e. The number of nitrogens with zero attached hydrogens (tertiary/aromatic N) is 1. The summed E-state index contributed by atoms with van der Waals surface area (Å²) >= 11 is 9.15. The van der Waals surface area contributed by atoms with Gasteiger partial charge in [-0.25, -0.2) is 4.79 Å². The maximum atomic E-state index is 10.9. The standard InChI is InChI=1S/C13H7BrClNO5/c14-9-3-1-7(13(17)18)5-12(9)21-11-4-2-8(16(19)20)6-10(11)15/h1-6H,(H,17,18). The van der Waals surface area contributed by atoms with Gasteiger partial charge in [-0.3, -0.25) is 10.1 Å². The van der Waals surface area contributed by atoms with Crippen molar-refractivity contribution in [2.24, 2.45) is 0 Å². The fourth-order valence-corrected chi connectivity index (χ4v) is 2.06. The van der Waals surface area contributed by atoms with Crippen LogP contribution in [0, 0.1) is 10.1 Å². The average Bonchev–Trinajstić information content (AvgIpc) is 2.42. The highest BCUT2D eigenvalue weighted by Gasteiger charge is 2.13. The summed E-state index contributed by atoms with van der Waals surface area (Å²) in [5.74, 6) is -0.668. The molecule has 0 bridgehead atoms. The van der Waals surface area contributed by atoms with E-state index in [0.717, 1.165) is 6.07 Å². The van der Waals surface area contributed by atoms with Crippen molar-refractivity contribution in [1.82, 2.24) is 0 Å². The van der Waals surface area contributed by atoms with Crippen LogP contribution in [0.1, 0.15) is 10.4 Å². The first-order valence-corrected chi connectivity index (χ1v) is 6.70. The Balaban J connectivity index is 2.36. The predicted octanol–water partition coefficient (Wildman–Crippen LogP) is 4.50. The van der Waals surface area contributed by atoms with E-state index in [0.29, 0.717) is 4.47 Å². The number of non-ortho nitro benzene ring substituents is 1. The second-order valence-corrected chi connectivity index (χ2v) is 5.19. The number of hydrogen-bond donors (Lipinski definition) is 1. The number of nitro benzene ring substituents is 1. The van der Waals surface area contributed by atoms with E-state index in [1.165, 1.54) is 30.3 Å². The summed E-state index contributed by atoms with van der Waals surface area (Å²) in [6, 6.07) is 8.02. The molecule has 0 aliphatic carbocycles. The highest BCUT2D eigenvalue weighted by atomic mass is 79.9. The van der Waals surface area contributed by atoms with Crippen molar-refractivity contribution in [3.05, 3.63) is 61.6 Å². The molecule has 0 heterocycles. The van der Waals surface area contributed by atoms with Gasteiger partial charge in [0.25, 0.3) is 5.69 Å². The molecule has 0 saturated heterocycles. The van der Waals surface area contributed by atoms with Gasteiger partial charge in [-0.15, -0.1) is 0 Å². The van der Waals surface area contributed by atoms with Crippen molar-refractivity contribution in [1.29, 1.82) is 0 Å². The van der Waals surface area contributed by atoms with Crippen LogP contribution in [0.5, 0.6) is 11.5 Å². The lowest BCUT2D eigenvalue weighted by molar-refractivity contribution is -0.384. The van der Waals surface area contributed by atoms with Crippen LogP contribution in [0.4, 0.5) is 5.69 Å². The molecule has 0 spiro atoms. The summed E-state index contributed by atoms with van der Waals surface area (Å²) in [5, 5.41) is 19.6. The zero-order valence-corrected chi connectivity index (χ0v) is 12.6. The lowest BCUT2D eigenvalue weighted by Crippen LogP contribution is -1.97.